The molecule has 5 heteroatoms. The number of nitrogens with zero attached hydrogens (tertiary/aromatic N) is 4. The van der Waals surface area contributed by atoms with Gasteiger partial charge in [0.25, 0.3) is 0 Å². The predicted molar refractivity (Wildman–Crippen MR) is 55.9 cm³/mol. The molecule has 0 aliphatic rings. The highest BCUT2D eigenvalue weighted by Crippen LogP contribution is 2.12. The first-order chi connectivity index (χ1) is 7.15. The zero-order chi connectivity index (χ0) is 10.8. The summed E-state index contributed by atoms with van der Waals surface area (Å²) in [5.74, 6) is 2.25. The standard InChI is InChI=1S/C11H13N4.BrH/c1-8-12-9(2)14-11(13-8)10-4-6-15(3)7-5-10;/h4-7H,1-3H3;1H/q+1;/p-1. The highest BCUT2D eigenvalue weighted by molar-refractivity contribution is 5.52. The van der Waals surface area contributed by atoms with E-state index in [9.17, 15) is 0 Å². The Labute approximate surface area is 105 Å². The largest absolute Gasteiger partial charge is 1.00 e. The first-order valence-electron chi connectivity index (χ1n) is 4.80. The number of pyridine rings is 1. The minimum Gasteiger partial charge on any atom is -1.00 e. The van der Waals surface area contributed by atoms with E-state index < -0.39 is 0 Å². The van der Waals surface area contributed by atoms with Gasteiger partial charge in [-0.15, -0.1) is 0 Å². The Kier molecular flexibility index (Phi) is 4.06. The molecule has 2 rings (SSSR count). The predicted octanol–water partition coefficient (Wildman–Crippen LogP) is -2.02. The smallest absolute Gasteiger partial charge is 0.169 e. The van der Waals surface area contributed by atoms with Crippen molar-refractivity contribution in [1.82, 2.24) is 15.0 Å². The van der Waals surface area contributed by atoms with Gasteiger partial charge in [-0.05, 0) is 13.8 Å². The monoisotopic (exact) mass is 280 g/mol. The highest BCUT2D eigenvalue weighted by Gasteiger charge is 2.04. The highest BCUT2D eigenvalue weighted by atomic mass is 79.9. The number of hydrogen-bond acceptors (Lipinski definition) is 3. The number of aryl methyl sites for hydroxylation is 3. The van der Waals surface area contributed by atoms with Crippen molar-refractivity contribution >= 4 is 0 Å². The summed E-state index contributed by atoms with van der Waals surface area (Å²) in [6.07, 6.45) is 3.95. The van der Waals surface area contributed by atoms with Crippen LogP contribution in [0.5, 0.6) is 0 Å². The Morgan fingerprint density at radius 2 is 1.44 bits per heavy atom. The van der Waals surface area contributed by atoms with Gasteiger partial charge >= 0.3 is 0 Å². The van der Waals surface area contributed by atoms with E-state index in [1.54, 1.807) is 0 Å². The van der Waals surface area contributed by atoms with Crippen molar-refractivity contribution in [3.05, 3.63) is 36.2 Å². The van der Waals surface area contributed by atoms with Crippen LogP contribution >= 0.6 is 0 Å². The average molecular weight is 281 g/mol. The summed E-state index contributed by atoms with van der Waals surface area (Å²) in [4.78, 5) is 12.8. The van der Waals surface area contributed by atoms with Crippen molar-refractivity contribution < 1.29 is 21.5 Å². The van der Waals surface area contributed by atoms with E-state index in [4.69, 9.17) is 0 Å². The molecule has 0 aliphatic carbocycles. The van der Waals surface area contributed by atoms with Gasteiger partial charge < -0.3 is 17.0 Å². The van der Waals surface area contributed by atoms with Crippen LogP contribution in [0, 0.1) is 13.8 Å². The normalized spacial score (nSPS) is 9.69. The summed E-state index contributed by atoms with van der Waals surface area (Å²) < 4.78 is 1.98. The van der Waals surface area contributed by atoms with Gasteiger partial charge in [0, 0.05) is 17.7 Å². The van der Waals surface area contributed by atoms with E-state index in [0.29, 0.717) is 0 Å². The maximum Gasteiger partial charge on any atom is 0.169 e. The fraction of sp³-hybridized carbons (Fsp3) is 0.273. The van der Waals surface area contributed by atoms with Gasteiger partial charge in [-0.3, -0.25) is 0 Å². The molecule has 2 heterocycles. The van der Waals surface area contributed by atoms with Crippen molar-refractivity contribution in [3.8, 4) is 11.4 Å². The van der Waals surface area contributed by atoms with E-state index in [0.717, 1.165) is 23.0 Å². The van der Waals surface area contributed by atoms with Crippen LogP contribution in [-0.4, -0.2) is 15.0 Å². The van der Waals surface area contributed by atoms with Crippen LogP contribution in [0.25, 0.3) is 11.4 Å². The van der Waals surface area contributed by atoms with Crippen LogP contribution in [0.4, 0.5) is 0 Å². The van der Waals surface area contributed by atoms with Crippen LogP contribution in [0.2, 0.25) is 0 Å². The van der Waals surface area contributed by atoms with Gasteiger partial charge in [-0.2, -0.15) is 0 Å². The third-order valence-corrected chi connectivity index (χ3v) is 2.10. The summed E-state index contributed by atoms with van der Waals surface area (Å²) in [5, 5.41) is 0. The van der Waals surface area contributed by atoms with Crippen LogP contribution in [0.15, 0.2) is 24.5 Å². The van der Waals surface area contributed by atoms with Crippen molar-refractivity contribution in [2.24, 2.45) is 7.05 Å². The molecule has 0 saturated heterocycles. The second-order valence-corrected chi connectivity index (χ2v) is 3.51. The van der Waals surface area contributed by atoms with Crippen LogP contribution in [0.3, 0.4) is 0 Å². The van der Waals surface area contributed by atoms with Gasteiger partial charge in [0.2, 0.25) is 0 Å². The minimum atomic E-state index is 0. The van der Waals surface area contributed by atoms with Crippen molar-refractivity contribution in [2.75, 3.05) is 0 Å². The third-order valence-electron chi connectivity index (χ3n) is 2.10. The Bertz CT molecular complexity index is 462. The van der Waals surface area contributed by atoms with Gasteiger partial charge in [-0.1, -0.05) is 0 Å². The van der Waals surface area contributed by atoms with E-state index in [1.807, 2.05) is 50.0 Å². The number of aromatic nitrogens is 4. The quantitative estimate of drug-likeness (QED) is 0.567. The molecule has 0 bridgehead atoms. The lowest BCUT2D eigenvalue weighted by molar-refractivity contribution is -0.671. The van der Waals surface area contributed by atoms with Crippen LogP contribution in [0.1, 0.15) is 11.6 Å². The van der Waals surface area contributed by atoms with E-state index in [-0.39, 0.29) is 17.0 Å². The molecule has 0 fully saturated rings. The molecule has 0 amide bonds. The molecule has 4 nitrogen and oxygen atoms in total. The minimum absolute atomic E-state index is 0. The second-order valence-electron chi connectivity index (χ2n) is 3.51. The Morgan fingerprint density at radius 3 is 1.94 bits per heavy atom. The molecule has 16 heavy (non-hydrogen) atoms. The van der Waals surface area contributed by atoms with Gasteiger partial charge in [0.1, 0.15) is 18.7 Å². The number of hydrogen-bond donors (Lipinski definition) is 0. The van der Waals surface area contributed by atoms with Crippen molar-refractivity contribution in [3.63, 3.8) is 0 Å². The van der Waals surface area contributed by atoms with E-state index >= 15 is 0 Å². The van der Waals surface area contributed by atoms with Crippen molar-refractivity contribution in [1.29, 1.82) is 0 Å². The molecule has 0 radical (unpaired) electrons. The summed E-state index contributed by atoms with van der Waals surface area (Å²) in [7, 11) is 1.98. The zero-order valence-corrected chi connectivity index (χ0v) is 11.1. The molecule has 84 valence electrons. The van der Waals surface area contributed by atoms with Crippen molar-refractivity contribution in [2.45, 2.75) is 13.8 Å². The molecule has 0 aliphatic heterocycles. The maximum absolute atomic E-state index is 4.30. The SMILES string of the molecule is Cc1nc(C)nc(-c2cc[n+](C)cc2)n1.[Br-]. The molecule has 0 N–H and O–H groups in total. The molecular formula is C11H13BrN4. The molecule has 0 atom stereocenters. The summed E-state index contributed by atoms with van der Waals surface area (Å²) in [6.45, 7) is 3.75. The molecule has 2 aromatic rings. The Balaban J connectivity index is 0.00000128. The third kappa shape index (κ3) is 2.82. The van der Waals surface area contributed by atoms with E-state index in [2.05, 4.69) is 15.0 Å². The Morgan fingerprint density at radius 1 is 0.938 bits per heavy atom. The first-order valence-corrected chi connectivity index (χ1v) is 4.80. The number of rotatable bonds is 1. The lowest BCUT2D eigenvalue weighted by atomic mass is 10.2. The molecule has 0 aromatic carbocycles. The summed E-state index contributed by atoms with van der Waals surface area (Å²) >= 11 is 0. The molecule has 2 aromatic heterocycles. The fourth-order valence-electron chi connectivity index (χ4n) is 1.39. The van der Waals surface area contributed by atoms with E-state index in [1.165, 1.54) is 0 Å². The summed E-state index contributed by atoms with van der Waals surface area (Å²) in [6, 6.07) is 3.99. The topological polar surface area (TPSA) is 42.5 Å². The Hall–Kier alpha value is -1.36. The first kappa shape index (κ1) is 12.7. The maximum atomic E-state index is 4.30. The fourth-order valence-corrected chi connectivity index (χ4v) is 1.39. The molecule has 0 saturated carbocycles. The number of halogens is 1. The average Bonchev–Trinajstić information content (AvgIpc) is 2.17. The van der Waals surface area contributed by atoms with Gasteiger partial charge in [0.15, 0.2) is 18.2 Å². The van der Waals surface area contributed by atoms with Crippen LogP contribution in [-0.2, 0) is 7.05 Å². The molecule has 0 unspecified atom stereocenters. The second kappa shape index (κ2) is 5.12. The molecular weight excluding hydrogens is 268 g/mol. The summed E-state index contributed by atoms with van der Waals surface area (Å²) in [5.41, 5.74) is 1.02. The lowest BCUT2D eigenvalue weighted by Crippen LogP contribution is -3.00. The van der Waals surface area contributed by atoms with Gasteiger partial charge in [-0.25, -0.2) is 19.5 Å². The molecule has 0 spiro atoms. The lowest BCUT2D eigenvalue weighted by Gasteiger charge is -2.01. The van der Waals surface area contributed by atoms with Crippen LogP contribution < -0.4 is 21.5 Å². The van der Waals surface area contributed by atoms with Gasteiger partial charge in [0.05, 0.1) is 0 Å². The zero-order valence-electron chi connectivity index (χ0n) is 9.48.